The maximum atomic E-state index is 14.4. The van der Waals surface area contributed by atoms with Crippen LogP contribution in [0.5, 0.6) is 0 Å². The highest BCUT2D eigenvalue weighted by Crippen LogP contribution is 2.45. The third-order valence-electron chi connectivity index (χ3n) is 12.0. The summed E-state index contributed by atoms with van der Waals surface area (Å²) < 4.78 is 24.8. The largest absolute Gasteiger partial charge is 0.453 e. The molecule has 8 rings (SSSR count). The van der Waals surface area contributed by atoms with Gasteiger partial charge in [0.15, 0.2) is 6.10 Å². The minimum Gasteiger partial charge on any atom is -0.453 e. The van der Waals surface area contributed by atoms with Crippen LogP contribution in [-0.2, 0) is 37.0 Å². The smallest absolute Gasteiger partial charge is 0.411 e. The van der Waals surface area contributed by atoms with Gasteiger partial charge in [-0.05, 0) is 65.6 Å². The number of hydrogen-bond acceptors (Lipinski definition) is 8. The van der Waals surface area contributed by atoms with E-state index in [1.54, 1.807) is 4.90 Å². The summed E-state index contributed by atoms with van der Waals surface area (Å²) in [6.45, 7) is 1.98. The van der Waals surface area contributed by atoms with Gasteiger partial charge >= 0.3 is 18.2 Å². The monoisotopic (exact) mass is 857 g/mol. The Kier molecular flexibility index (Phi) is 15.1. The quantitative estimate of drug-likeness (QED) is 0.0583. The summed E-state index contributed by atoms with van der Waals surface area (Å²) >= 11 is 0. The summed E-state index contributed by atoms with van der Waals surface area (Å²) in [6, 6.07) is 57.6. The van der Waals surface area contributed by atoms with Crippen molar-refractivity contribution in [2.75, 3.05) is 19.6 Å². The molecule has 0 saturated carbocycles. The number of unbranched alkanes of at least 4 members (excludes halogenated alkanes) is 1. The Hall–Kier alpha value is -6.75. The van der Waals surface area contributed by atoms with Gasteiger partial charge in [0.1, 0.15) is 31.4 Å². The number of alkyl carbamates (subject to hydrolysis) is 1. The van der Waals surface area contributed by atoms with E-state index in [2.05, 4.69) is 46.6 Å². The van der Waals surface area contributed by atoms with Crippen LogP contribution in [0.2, 0.25) is 0 Å². The molecule has 0 unspecified atom stereocenters. The van der Waals surface area contributed by atoms with Crippen molar-refractivity contribution >= 4 is 18.2 Å². The highest BCUT2D eigenvalue weighted by Gasteiger charge is 2.48. The second-order valence-electron chi connectivity index (χ2n) is 16.3. The maximum absolute atomic E-state index is 14.4. The van der Waals surface area contributed by atoms with E-state index >= 15 is 0 Å². The van der Waals surface area contributed by atoms with Gasteiger partial charge in [-0.3, -0.25) is 9.80 Å². The molecule has 0 bridgehead atoms. The number of nitrogens with one attached hydrogen (secondary N) is 1. The van der Waals surface area contributed by atoms with Crippen LogP contribution >= 0.6 is 0 Å². The van der Waals surface area contributed by atoms with Crippen LogP contribution in [0, 0.1) is 0 Å². The van der Waals surface area contributed by atoms with E-state index < -0.39 is 36.3 Å². The lowest BCUT2D eigenvalue weighted by molar-refractivity contribution is -0.173. The first-order chi connectivity index (χ1) is 31.5. The van der Waals surface area contributed by atoms with E-state index in [4.69, 9.17) is 18.9 Å². The molecule has 64 heavy (non-hydrogen) atoms. The number of hydrogen-bond donors (Lipinski definition) is 1. The van der Waals surface area contributed by atoms with Gasteiger partial charge in [0.05, 0.1) is 12.1 Å². The summed E-state index contributed by atoms with van der Waals surface area (Å²) in [4.78, 5) is 45.5. The predicted octanol–water partition coefficient (Wildman–Crippen LogP) is 10.7. The molecule has 6 aromatic rings. The van der Waals surface area contributed by atoms with Crippen molar-refractivity contribution in [3.05, 3.63) is 215 Å². The molecule has 2 heterocycles. The van der Waals surface area contributed by atoms with Crippen molar-refractivity contribution in [1.82, 2.24) is 15.1 Å². The average molecular weight is 858 g/mol. The number of esters is 1. The number of amides is 2. The predicted molar refractivity (Wildman–Crippen MR) is 245 cm³/mol. The lowest BCUT2D eigenvalue weighted by Crippen LogP contribution is -2.54. The van der Waals surface area contributed by atoms with Gasteiger partial charge in [-0.15, -0.1) is 0 Å². The lowest BCUT2D eigenvalue weighted by atomic mass is 9.90. The number of rotatable bonds is 16. The zero-order chi connectivity index (χ0) is 43.9. The van der Waals surface area contributed by atoms with Crippen molar-refractivity contribution in [3.8, 4) is 0 Å². The molecule has 10 heteroatoms. The summed E-state index contributed by atoms with van der Waals surface area (Å²) in [5, 5.41) is 2.92. The van der Waals surface area contributed by atoms with Gasteiger partial charge in [-0.2, -0.15) is 0 Å². The van der Waals surface area contributed by atoms with E-state index in [0.29, 0.717) is 38.9 Å². The fourth-order valence-electron chi connectivity index (χ4n) is 8.87. The molecule has 2 saturated heterocycles. The number of carbonyl (C=O) groups excluding carboxylic acids is 3. The molecule has 2 amide bonds. The summed E-state index contributed by atoms with van der Waals surface area (Å²) in [7, 11) is 0. The van der Waals surface area contributed by atoms with E-state index in [0.717, 1.165) is 39.8 Å². The minimum atomic E-state index is -0.874. The summed E-state index contributed by atoms with van der Waals surface area (Å²) in [5.74, 6) is -0.453. The van der Waals surface area contributed by atoms with Gasteiger partial charge in [-0.1, -0.05) is 182 Å². The fraction of sp³-hybridized carbons (Fsp3) is 0.278. The van der Waals surface area contributed by atoms with Crippen molar-refractivity contribution in [1.29, 1.82) is 0 Å². The molecule has 328 valence electrons. The number of carbonyl (C=O) groups is 3. The van der Waals surface area contributed by atoms with Crippen molar-refractivity contribution < 1.29 is 33.3 Å². The van der Waals surface area contributed by atoms with Crippen LogP contribution < -0.4 is 5.32 Å². The Morgan fingerprint density at radius 2 is 1.05 bits per heavy atom. The topological polar surface area (TPSA) is 107 Å². The first-order valence-corrected chi connectivity index (χ1v) is 22.2. The van der Waals surface area contributed by atoms with Crippen molar-refractivity contribution in [2.45, 2.75) is 75.3 Å². The fourth-order valence-corrected chi connectivity index (χ4v) is 8.87. The second kappa shape index (κ2) is 22.0. The van der Waals surface area contributed by atoms with Crippen LogP contribution in [0.3, 0.4) is 0 Å². The SMILES string of the molecule is O=C(NCC[C@@H]1CN(CCCC[C@H]2C(=O)O[C@H](c3ccccc3)[C@H](c3ccccc3)N2C(=O)OCc2ccccc2)[C@H](c2ccccc2)[C@H](c2ccccc2)O1)OCc1ccccc1. The minimum absolute atomic E-state index is 0.0709. The van der Waals surface area contributed by atoms with Crippen molar-refractivity contribution in [2.24, 2.45) is 0 Å². The molecule has 2 fully saturated rings. The van der Waals surface area contributed by atoms with E-state index in [9.17, 15) is 14.4 Å². The van der Waals surface area contributed by atoms with Crippen LogP contribution in [0.25, 0.3) is 0 Å². The molecule has 10 nitrogen and oxygen atoms in total. The zero-order valence-electron chi connectivity index (χ0n) is 35.9. The number of benzene rings is 6. The summed E-state index contributed by atoms with van der Waals surface area (Å²) in [5.41, 5.74) is 5.62. The maximum Gasteiger partial charge on any atom is 0.411 e. The molecule has 0 radical (unpaired) electrons. The van der Waals surface area contributed by atoms with Gasteiger partial charge in [0.25, 0.3) is 0 Å². The molecule has 1 N–H and O–H groups in total. The van der Waals surface area contributed by atoms with Crippen LogP contribution in [0.15, 0.2) is 182 Å². The molecule has 2 aliphatic heterocycles. The Bertz CT molecular complexity index is 2360. The highest BCUT2D eigenvalue weighted by molar-refractivity contribution is 5.83. The van der Waals surface area contributed by atoms with E-state index in [1.807, 2.05) is 146 Å². The van der Waals surface area contributed by atoms with Gasteiger partial charge in [-0.25, -0.2) is 14.4 Å². The van der Waals surface area contributed by atoms with Gasteiger partial charge < -0.3 is 24.3 Å². The van der Waals surface area contributed by atoms with E-state index in [1.165, 1.54) is 0 Å². The molecule has 0 aromatic heterocycles. The Labute approximate surface area is 375 Å². The molecule has 6 atom stereocenters. The first-order valence-electron chi connectivity index (χ1n) is 22.2. The number of ether oxygens (including phenoxy) is 4. The zero-order valence-corrected chi connectivity index (χ0v) is 35.9. The van der Waals surface area contributed by atoms with Crippen LogP contribution in [-0.4, -0.2) is 59.7 Å². The van der Waals surface area contributed by atoms with Crippen molar-refractivity contribution in [3.63, 3.8) is 0 Å². The third-order valence-corrected chi connectivity index (χ3v) is 12.0. The standard InChI is InChI=1S/C54H55N3O7/c58-52-47(57(54(60)62-39-41-23-9-2-10-24-41)49(43-27-13-4-14-28-43)51(64-52)45-31-17-6-18-32-45)33-19-20-36-56-37-46(34-35-55-53(59)61-38-40-21-7-1-8-22-40)63-50(44-29-15-5-16-30-44)48(56)42-25-11-3-12-26-42/h1-18,21-32,46-51H,19-20,33-39H2,(H,55,59)/t46-,47+,48-,49+,50+,51-/m1/s1. The second-order valence-corrected chi connectivity index (χ2v) is 16.3. The highest BCUT2D eigenvalue weighted by atomic mass is 16.6. The van der Waals surface area contributed by atoms with Crippen LogP contribution in [0.1, 0.15) is 83.4 Å². The molecule has 6 aromatic carbocycles. The Morgan fingerprint density at radius 3 is 1.61 bits per heavy atom. The Balaban J connectivity index is 1.00. The number of nitrogens with zero attached hydrogens (tertiary/aromatic N) is 2. The first kappa shape index (κ1) is 43.9. The normalized spacial score (nSPS) is 21.1. The van der Waals surface area contributed by atoms with Gasteiger partial charge in [0, 0.05) is 13.1 Å². The van der Waals surface area contributed by atoms with E-state index in [-0.39, 0.29) is 31.5 Å². The average Bonchev–Trinajstić information content (AvgIpc) is 3.35. The number of morpholine rings is 2. The lowest BCUT2D eigenvalue weighted by Gasteiger charge is -2.46. The van der Waals surface area contributed by atoms with Crippen LogP contribution in [0.4, 0.5) is 9.59 Å². The molecular formula is C54H55N3O7. The number of cyclic esters (lactones) is 1. The molecular weight excluding hydrogens is 803 g/mol. The van der Waals surface area contributed by atoms with Gasteiger partial charge in [0.2, 0.25) is 0 Å². The Morgan fingerprint density at radius 1 is 0.562 bits per heavy atom. The molecule has 2 aliphatic rings. The third kappa shape index (κ3) is 11.2. The molecule has 0 aliphatic carbocycles. The summed E-state index contributed by atoms with van der Waals surface area (Å²) in [6.07, 6.45) is 0.0883. The molecule has 0 spiro atoms.